The predicted molar refractivity (Wildman–Crippen MR) is 120 cm³/mol. The number of nitrogens with zero attached hydrogens (tertiary/aromatic N) is 5. The van der Waals surface area contributed by atoms with Gasteiger partial charge >= 0.3 is 0 Å². The lowest BCUT2D eigenvalue weighted by Gasteiger charge is -2.12. The van der Waals surface area contributed by atoms with E-state index in [0.29, 0.717) is 11.7 Å². The van der Waals surface area contributed by atoms with Gasteiger partial charge in [0.1, 0.15) is 11.1 Å². The van der Waals surface area contributed by atoms with E-state index in [1.54, 1.807) is 0 Å². The molecule has 1 atom stereocenters. The molecule has 0 aliphatic rings. The van der Waals surface area contributed by atoms with Crippen LogP contribution in [-0.2, 0) is 6.54 Å². The second kappa shape index (κ2) is 8.03. The zero-order valence-corrected chi connectivity index (χ0v) is 18.3. The Balaban J connectivity index is 1.75. The molecule has 5 nitrogen and oxygen atoms in total. The summed E-state index contributed by atoms with van der Waals surface area (Å²) in [6.07, 6.45) is 5.25. The molecule has 1 aromatic carbocycles. The number of imidazole rings is 2. The van der Waals surface area contributed by atoms with Gasteiger partial charge in [-0.3, -0.25) is 4.40 Å². The van der Waals surface area contributed by atoms with Crippen LogP contribution in [-0.4, -0.2) is 23.9 Å². The number of rotatable bonds is 6. The minimum Gasteiger partial charge on any atom is -0.333 e. The lowest BCUT2D eigenvalue weighted by molar-refractivity contribution is 0.506. The van der Waals surface area contributed by atoms with E-state index in [2.05, 4.69) is 54.7 Å². The first-order valence-corrected chi connectivity index (χ1v) is 10.6. The molecule has 0 aliphatic heterocycles. The molecular weight excluding hydrogens is 378 g/mol. The third-order valence-electron chi connectivity index (χ3n) is 5.13. The van der Waals surface area contributed by atoms with E-state index in [1.807, 2.05) is 35.7 Å². The maximum Gasteiger partial charge on any atom is 0.234 e. The number of hydrogen-bond donors (Lipinski definition) is 1. The van der Waals surface area contributed by atoms with Crippen LogP contribution in [0, 0.1) is 19.8 Å². The predicted octanol–water partition coefficient (Wildman–Crippen LogP) is 5.27. The van der Waals surface area contributed by atoms with Gasteiger partial charge in [0.2, 0.25) is 5.78 Å². The molecule has 0 saturated carbocycles. The Labute approximate surface area is 177 Å². The minimum absolute atomic E-state index is 0.221. The Bertz CT molecular complexity index is 1130. The second-order valence-corrected chi connectivity index (χ2v) is 8.52. The maximum atomic E-state index is 4.96. The summed E-state index contributed by atoms with van der Waals surface area (Å²) in [7, 11) is 0. The Hall–Kier alpha value is -2.60. The van der Waals surface area contributed by atoms with Crippen LogP contribution >= 0.6 is 12.6 Å². The van der Waals surface area contributed by atoms with Crippen molar-refractivity contribution in [2.45, 2.75) is 45.9 Å². The smallest absolute Gasteiger partial charge is 0.234 e. The van der Waals surface area contributed by atoms with Crippen molar-refractivity contribution in [3.63, 3.8) is 0 Å². The maximum absolute atomic E-state index is 4.96. The zero-order valence-electron chi connectivity index (χ0n) is 17.4. The normalized spacial score (nSPS) is 12.8. The van der Waals surface area contributed by atoms with E-state index >= 15 is 0 Å². The standard InChI is InChI=1S/C23H27N5S/c1-15(2)10-11-27-13-19(18-8-6-5-7-9-18)25-22(27)21(29)20-14-28-17(4)12-16(3)24-23(28)26-20/h5-9,12-15,21,29H,10-11H2,1-4H3. The first-order chi connectivity index (χ1) is 13.9. The molecule has 3 heterocycles. The van der Waals surface area contributed by atoms with Gasteiger partial charge < -0.3 is 4.57 Å². The molecule has 0 radical (unpaired) electrons. The highest BCUT2D eigenvalue weighted by molar-refractivity contribution is 7.80. The molecule has 0 amide bonds. The highest BCUT2D eigenvalue weighted by Crippen LogP contribution is 2.30. The summed E-state index contributed by atoms with van der Waals surface area (Å²) in [6, 6.07) is 12.3. The fraction of sp³-hybridized carbons (Fsp3) is 0.348. The fourth-order valence-corrected chi connectivity index (χ4v) is 3.86. The van der Waals surface area contributed by atoms with E-state index < -0.39 is 0 Å². The van der Waals surface area contributed by atoms with Crippen molar-refractivity contribution in [1.82, 2.24) is 23.9 Å². The van der Waals surface area contributed by atoms with Crippen LogP contribution in [0.15, 0.2) is 48.8 Å². The Morgan fingerprint density at radius 3 is 2.48 bits per heavy atom. The first kappa shape index (κ1) is 19.7. The molecule has 0 fully saturated rings. The van der Waals surface area contributed by atoms with Crippen molar-refractivity contribution in [2.24, 2.45) is 5.92 Å². The summed E-state index contributed by atoms with van der Waals surface area (Å²) in [5, 5.41) is -0.221. The monoisotopic (exact) mass is 405 g/mol. The molecule has 4 aromatic rings. The quantitative estimate of drug-likeness (QED) is 0.444. The summed E-state index contributed by atoms with van der Waals surface area (Å²) >= 11 is 4.93. The molecule has 0 aliphatic carbocycles. The Morgan fingerprint density at radius 1 is 1.00 bits per heavy atom. The third kappa shape index (κ3) is 4.08. The molecule has 0 N–H and O–H groups in total. The number of benzene rings is 1. The molecule has 3 aromatic heterocycles. The summed E-state index contributed by atoms with van der Waals surface area (Å²) in [6.45, 7) is 9.45. The van der Waals surface area contributed by atoms with Gasteiger partial charge in [-0.2, -0.15) is 12.6 Å². The van der Waals surface area contributed by atoms with E-state index in [0.717, 1.165) is 47.1 Å². The molecule has 0 bridgehead atoms. The van der Waals surface area contributed by atoms with Crippen LogP contribution in [0.4, 0.5) is 0 Å². The van der Waals surface area contributed by atoms with Crippen molar-refractivity contribution in [2.75, 3.05) is 0 Å². The third-order valence-corrected chi connectivity index (χ3v) is 5.62. The fourth-order valence-electron chi connectivity index (χ4n) is 3.53. The number of aryl methyl sites for hydroxylation is 3. The van der Waals surface area contributed by atoms with Crippen molar-refractivity contribution < 1.29 is 0 Å². The summed E-state index contributed by atoms with van der Waals surface area (Å²) < 4.78 is 4.25. The van der Waals surface area contributed by atoms with E-state index in [1.165, 1.54) is 0 Å². The van der Waals surface area contributed by atoms with Crippen LogP contribution in [0.2, 0.25) is 0 Å². The van der Waals surface area contributed by atoms with Crippen LogP contribution in [0.1, 0.15) is 48.4 Å². The molecule has 6 heteroatoms. The average molecular weight is 406 g/mol. The molecule has 0 saturated heterocycles. The Kier molecular flexibility index (Phi) is 5.46. The van der Waals surface area contributed by atoms with Crippen LogP contribution in [0.25, 0.3) is 17.0 Å². The molecular formula is C23H27N5S. The largest absolute Gasteiger partial charge is 0.333 e. The number of thiol groups is 1. The second-order valence-electron chi connectivity index (χ2n) is 8.00. The summed E-state index contributed by atoms with van der Waals surface area (Å²) in [5.74, 6) is 2.25. The lowest BCUT2D eigenvalue weighted by Crippen LogP contribution is -2.08. The molecule has 0 spiro atoms. The number of fused-ring (bicyclic) bond motifs is 1. The summed E-state index contributed by atoms with van der Waals surface area (Å²) in [4.78, 5) is 14.3. The Morgan fingerprint density at radius 2 is 1.76 bits per heavy atom. The zero-order chi connectivity index (χ0) is 20.5. The van der Waals surface area contributed by atoms with Crippen molar-refractivity contribution in [1.29, 1.82) is 0 Å². The highest BCUT2D eigenvalue weighted by atomic mass is 32.1. The van der Waals surface area contributed by atoms with Gasteiger partial charge in [0.15, 0.2) is 0 Å². The van der Waals surface area contributed by atoms with Crippen molar-refractivity contribution in [3.8, 4) is 11.3 Å². The van der Waals surface area contributed by atoms with Crippen LogP contribution < -0.4 is 0 Å². The van der Waals surface area contributed by atoms with Gasteiger partial charge in [-0.1, -0.05) is 44.2 Å². The van der Waals surface area contributed by atoms with Crippen LogP contribution in [0.5, 0.6) is 0 Å². The van der Waals surface area contributed by atoms with Gasteiger partial charge in [-0.15, -0.1) is 0 Å². The van der Waals surface area contributed by atoms with Gasteiger partial charge in [-0.25, -0.2) is 15.0 Å². The first-order valence-electron chi connectivity index (χ1n) is 10.1. The molecule has 1 unspecified atom stereocenters. The van der Waals surface area contributed by atoms with Crippen LogP contribution in [0.3, 0.4) is 0 Å². The molecule has 150 valence electrons. The van der Waals surface area contributed by atoms with Gasteiger partial charge in [0.05, 0.1) is 11.4 Å². The minimum atomic E-state index is -0.221. The van der Waals surface area contributed by atoms with E-state index in [9.17, 15) is 0 Å². The number of aromatic nitrogens is 5. The summed E-state index contributed by atoms with van der Waals surface area (Å²) in [5.41, 5.74) is 5.02. The number of hydrogen-bond acceptors (Lipinski definition) is 4. The van der Waals surface area contributed by atoms with Crippen molar-refractivity contribution in [3.05, 3.63) is 71.7 Å². The highest BCUT2D eigenvalue weighted by Gasteiger charge is 2.21. The average Bonchev–Trinajstić information content (AvgIpc) is 3.31. The van der Waals surface area contributed by atoms with Gasteiger partial charge in [0, 0.05) is 35.9 Å². The topological polar surface area (TPSA) is 48.0 Å². The lowest BCUT2D eigenvalue weighted by atomic mass is 10.1. The molecule has 29 heavy (non-hydrogen) atoms. The van der Waals surface area contributed by atoms with Gasteiger partial charge in [-0.05, 0) is 32.3 Å². The van der Waals surface area contributed by atoms with E-state index in [-0.39, 0.29) is 5.25 Å². The van der Waals surface area contributed by atoms with Gasteiger partial charge in [0.25, 0.3) is 0 Å². The van der Waals surface area contributed by atoms with Crippen molar-refractivity contribution >= 4 is 18.4 Å². The molecule has 4 rings (SSSR count). The van der Waals surface area contributed by atoms with E-state index in [4.69, 9.17) is 22.6 Å². The SMILES string of the molecule is Cc1cc(C)n2cc(C(S)c3nc(-c4ccccc4)cn3CCC(C)C)nc2n1.